The molecular formula is C23H31Cl2N3O3. The lowest BCUT2D eigenvalue weighted by atomic mass is 9.52. The second kappa shape index (κ2) is 8.54. The summed E-state index contributed by atoms with van der Waals surface area (Å²) in [6, 6.07) is 5.73. The van der Waals surface area contributed by atoms with E-state index in [1.165, 1.54) is 12.8 Å². The van der Waals surface area contributed by atoms with Crippen molar-refractivity contribution in [3.63, 3.8) is 0 Å². The second-order valence-electron chi connectivity index (χ2n) is 9.96. The van der Waals surface area contributed by atoms with Crippen molar-refractivity contribution in [3.05, 3.63) is 28.8 Å². The highest BCUT2D eigenvalue weighted by molar-refractivity contribution is 6.31. The lowest BCUT2D eigenvalue weighted by Gasteiger charge is -2.59. The van der Waals surface area contributed by atoms with Crippen molar-refractivity contribution in [2.24, 2.45) is 29.4 Å². The van der Waals surface area contributed by atoms with Crippen LogP contribution in [-0.2, 0) is 16.0 Å². The van der Waals surface area contributed by atoms with E-state index in [0.29, 0.717) is 40.9 Å². The fraction of sp³-hybridized carbons (Fsp3) is 0.652. The molecular weight excluding hydrogens is 437 g/mol. The maximum atomic E-state index is 13.3. The van der Waals surface area contributed by atoms with Gasteiger partial charge in [-0.3, -0.25) is 9.59 Å². The van der Waals surface area contributed by atoms with Gasteiger partial charge in [-0.1, -0.05) is 17.7 Å². The number of hydrogen-bond acceptors (Lipinski definition) is 4. The minimum absolute atomic E-state index is 0. The molecule has 1 aliphatic heterocycles. The first-order chi connectivity index (χ1) is 14.3. The Bertz CT molecular complexity index is 864. The molecule has 4 saturated carbocycles. The molecule has 3 unspecified atom stereocenters. The number of anilines is 1. The quantitative estimate of drug-likeness (QED) is 0.619. The van der Waals surface area contributed by atoms with Crippen molar-refractivity contribution in [2.45, 2.75) is 56.6 Å². The van der Waals surface area contributed by atoms with Crippen molar-refractivity contribution < 1.29 is 14.7 Å². The zero-order chi connectivity index (χ0) is 21.0. The molecule has 5 fully saturated rings. The highest BCUT2D eigenvalue weighted by atomic mass is 35.5. The van der Waals surface area contributed by atoms with E-state index >= 15 is 0 Å². The van der Waals surface area contributed by atoms with Gasteiger partial charge in [-0.05, 0) is 80.4 Å². The number of aliphatic hydroxyl groups is 1. The number of amides is 2. The van der Waals surface area contributed by atoms with Gasteiger partial charge in [-0.25, -0.2) is 0 Å². The van der Waals surface area contributed by atoms with E-state index in [0.717, 1.165) is 37.8 Å². The second-order valence-corrected chi connectivity index (χ2v) is 10.4. The molecule has 4 aliphatic carbocycles. The summed E-state index contributed by atoms with van der Waals surface area (Å²) in [6.45, 7) is 0.736. The molecule has 1 heterocycles. The maximum absolute atomic E-state index is 13.3. The van der Waals surface area contributed by atoms with E-state index < -0.39 is 5.60 Å². The van der Waals surface area contributed by atoms with Crippen molar-refractivity contribution in [2.75, 3.05) is 18.4 Å². The van der Waals surface area contributed by atoms with Crippen LogP contribution in [-0.4, -0.2) is 46.6 Å². The van der Waals surface area contributed by atoms with Gasteiger partial charge in [0.05, 0.1) is 12.1 Å². The Morgan fingerprint density at radius 1 is 1.26 bits per heavy atom. The van der Waals surface area contributed by atoms with E-state index in [2.05, 4.69) is 10.2 Å². The third kappa shape index (κ3) is 4.20. The lowest BCUT2D eigenvalue weighted by molar-refractivity contribution is -0.168. The SMILES string of the molecule is Cl.NCC(=O)Nc1ccc(CC2CCN(C3C4CC5CC3CC(O)(C5)C4)C2=O)c(Cl)c1. The monoisotopic (exact) mass is 467 g/mol. The maximum Gasteiger partial charge on any atom is 0.238 e. The van der Waals surface area contributed by atoms with Crippen molar-refractivity contribution in [3.8, 4) is 0 Å². The van der Waals surface area contributed by atoms with Gasteiger partial charge in [0, 0.05) is 29.2 Å². The van der Waals surface area contributed by atoms with Gasteiger partial charge in [0.15, 0.2) is 0 Å². The number of carbonyl (C=O) groups is 2. The van der Waals surface area contributed by atoms with Crippen LogP contribution in [0.3, 0.4) is 0 Å². The van der Waals surface area contributed by atoms with Crippen molar-refractivity contribution >= 4 is 41.5 Å². The molecule has 4 bridgehead atoms. The number of halogens is 2. The molecule has 0 spiro atoms. The van der Waals surface area contributed by atoms with Gasteiger partial charge in [0.25, 0.3) is 0 Å². The first-order valence-electron chi connectivity index (χ1n) is 11.2. The van der Waals surface area contributed by atoms with Crippen LogP contribution in [0, 0.1) is 23.7 Å². The predicted molar refractivity (Wildman–Crippen MR) is 122 cm³/mol. The highest BCUT2D eigenvalue weighted by Crippen LogP contribution is 2.57. The molecule has 1 saturated heterocycles. The zero-order valence-electron chi connectivity index (χ0n) is 17.6. The van der Waals surface area contributed by atoms with Crippen LogP contribution >= 0.6 is 24.0 Å². The molecule has 1 aromatic rings. The van der Waals surface area contributed by atoms with Crippen LogP contribution in [0.4, 0.5) is 5.69 Å². The predicted octanol–water partition coefficient (Wildman–Crippen LogP) is 2.99. The van der Waals surface area contributed by atoms with E-state index in [4.69, 9.17) is 17.3 Å². The Morgan fingerprint density at radius 3 is 2.58 bits per heavy atom. The summed E-state index contributed by atoms with van der Waals surface area (Å²) in [5, 5.41) is 14.1. The number of carbonyl (C=O) groups excluding carboxylic acids is 2. The average molecular weight is 468 g/mol. The number of hydrogen-bond donors (Lipinski definition) is 3. The summed E-state index contributed by atoms with van der Waals surface area (Å²) < 4.78 is 0. The van der Waals surface area contributed by atoms with Gasteiger partial charge in [0.1, 0.15) is 0 Å². The van der Waals surface area contributed by atoms with E-state index in [-0.39, 0.29) is 36.7 Å². The molecule has 0 aromatic heterocycles. The number of nitrogens with zero attached hydrogens (tertiary/aromatic N) is 1. The molecule has 1 aromatic carbocycles. The Labute approximate surface area is 194 Å². The summed E-state index contributed by atoms with van der Waals surface area (Å²) >= 11 is 6.45. The van der Waals surface area contributed by atoms with Crippen molar-refractivity contribution in [1.82, 2.24) is 4.90 Å². The van der Waals surface area contributed by atoms with Gasteiger partial charge < -0.3 is 21.1 Å². The number of likely N-dealkylation sites (tertiary alicyclic amines) is 1. The number of benzene rings is 1. The topological polar surface area (TPSA) is 95.7 Å². The third-order valence-electron chi connectivity index (χ3n) is 7.89. The van der Waals surface area contributed by atoms with Crippen molar-refractivity contribution in [1.29, 1.82) is 0 Å². The standard InChI is InChI=1S/C23H30ClN3O3.ClH/c24-19-8-18(26-20(28)12-25)2-1-14(19)7-15-3-4-27(22(15)29)21-16-5-13-6-17(21)11-23(30,9-13)10-16;/h1-2,8,13,15-17,21,30H,3-7,9-12,25H2,(H,26,28);1H. The van der Waals surface area contributed by atoms with Crippen LogP contribution in [0.5, 0.6) is 0 Å². The Balaban J connectivity index is 0.00000231. The van der Waals surface area contributed by atoms with E-state index in [1.54, 1.807) is 6.07 Å². The van der Waals surface area contributed by atoms with Gasteiger partial charge in [-0.15, -0.1) is 12.4 Å². The van der Waals surface area contributed by atoms with Gasteiger partial charge in [-0.2, -0.15) is 0 Å². The molecule has 170 valence electrons. The van der Waals surface area contributed by atoms with E-state index in [9.17, 15) is 14.7 Å². The Morgan fingerprint density at radius 2 is 1.97 bits per heavy atom. The molecule has 3 atom stereocenters. The molecule has 8 heteroatoms. The largest absolute Gasteiger partial charge is 0.390 e. The lowest BCUT2D eigenvalue weighted by Crippen LogP contribution is -2.62. The first-order valence-corrected chi connectivity index (χ1v) is 11.5. The molecule has 2 amide bonds. The van der Waals surface area contributed by atoms with Gasteiger partial charge in [0.2, 0.25) is 11.8 Å². The summed E-state index contributed by atoms with van der Waals surface area (Å²) in [7, 11) is 0. The summed E-state index contributed by atoms with van der Waals surface area (Å²) in [6.07, 6.45) is 6.49. The van der Waals surface area contributed by atoms with Crippen LogP contribution in [0.2, 0.25) is 5.02 Å². The third-order valence-corrected chi connectivity index (χ3v) is 8.24. The van der Waals surface area contributed by atoms with Crippen LogP contribution < -0.4 is 11.1 Å². The number of nitrogens with two attached hydrogens (primary N) is 1. The number of nitrogens with one attached hydrogen (secondary N) is 1. The minimum Gasteiger partial charge on any atom is -0.390 e. The summed E-state index contributed by atoms with van der Waals surface area (Å²) in [5.41, 5.74) is 6.42. The fourth-order valence-electron chi connectivity index (χ4n) is 6.98. The normalized spacial score (nSPS) is 35.9. The van der Waals surface area contributed by atoms with Crippen LogP contribution in [0.25, 0.3) is 0 Å². The van der Waals surface area contributed by atoms with E-state index in [1.807, 2.05) is 12.1 Å². The summed E-state index contributed by atoms with van der Waals surface area (Å²) in [4.78, 5) is 26.9. The molecule has 31 heavy (non-hydrogen) atoms. The molecule has 4 N–H and O–H groups in total. The Hall–Kier alpha value is -1.34. The Kier molecular flexibility index (Phi) is 6.29. The zero-order valence-corrected chi connectivity index (χ0v) is 19.1. The minimum atomic E-state index is -0.468. The fourth-order valence-corrected chi connectivity index (χ4v) is 7.24. The van der Waals surface area contributed by atoms with Crippen LogP contribution in [0.1, 0.15) is 44.1 Å². The first kappa shape index (κ1) is 22.8. The molecule has 0 radical (unpaired) electrons. The smallest absolute Gasteiger partial charge is 0.238 e. The van der Waals surface area contributed by atoms with Crippen LogP contribution in [0.15, 0.2) is 18.2 Å². The average Bonchev–Trinajstić information content (AvgIpc) is 3.02. The summed E-state index contributed by atoms with van der Waals surface area (Å²) in [5.74, 6) is 1.49. The molecule has 6 rings (SSSR count). The number of rotatable bonds is 5. The van der Waals surface area contributed by atoms with Gasteiger partial charge >= 0.3 is 0 Å². The molecule has 6 nitrogen and oxygen atoms in total. The highest BCUT2D eigenvalue weighted by Gasteiger charge is 2.57. The molecule has 5 aliphatic rings.